The molecule has 0 heterocycles. The molecule has 0 radical (unpaired) electrons. The molecule has 12 heavy (non-hydrogen) atoms. The highest BCUT2D eigenvalue weighted by molar-refractivity contribution is 4.90. The van der Waals surface area contributed by atoms with Gasteiger partial charge in [0.05, 0.1) is 6.10 Å². The smallest absolute Gasteiger partial charge is 0.0546 e. The topological polar surface area (TPSA) is 20.2 Å². The first-order valence-corrected chi connectivity index (χ1v) is 4.49. The summed E-state index contributed by atoms with van der Waals surface area (Å²) in [6.45, 7) is 11.6. The van der Waals surface area contributed by atoms with Gasteiger partial charge in [0.15, 0.2) is 0 Å². The first-order chi connectivity index (χ1) is 5.52. The van der Waals surface area contributed by atoms with Gasteiger partial charge in [-0.05, 0) is 39.5 Å². The van der Waals surface area contributed by atoms with Crippen molar-refractivity contribution in [1.82, 2.24) is 0 Å². The van der Waals surface area contributed by atoms with Crippen LogP contribution in [0.1, 0.15) is 39.5 Å². The summed E-state index contributed by atoms with van der Waals surface area (Å²) >= 11 is 0. The first-order valence-electron chi connectivity index (χ1n) is 4.49. The average molecular weight is 168 g/mol. The number of aliphatic hydroxyl groups is 1. The minimum absolute atomic E-state index is 0.182. The summed E-state index contributed by atoms with van der Waals surface area (Å²) in [4.78, 5) is 0. The standard InChI is InChI=1S/C11H20O/c1-9(2)5-7-11(12)8-6-10(3)4/h11-12H,1,3,5-8H2,2,4H3. The van der Waals surface area contributed by atoms with Gasteiger partial charge >= 0.3 is 0 Å². The molecule has 0 aromatic heterocycles. The summed E-state index contributed by atoms with van der Waals surface area (Å²) in [5.41, 5.74) is 2.29. The summed E-state index contributed by atoms with van der Waals surface area (Å²) in [7, 11) is 0. The fraction of sp³-hybridized carbons (Fsp3) is 0.636. The molecule has 0 amide bonds. The molecule has 0 atom stereocenters. The van der Waals surface area contributed by atoms with Gasteiger partial charge in [-0.3, -0.25) is 0 Å². The third-order valence-corrected chi connectivity index (χ3v) is 1.81. The summed E-state index contributed by atoms with van der Waals surface area (Å²) in [6, 6.07) is 0. The highest BCUT2D eigenvalue weighted by atomic mass is 16.3. The molecule has 0 saturated heterocycles. The van der Waals surface area contributed by atoms with Crippen LogP contribution >= 0.6 is 0 Å². The molecule has 1 nitrogen and oxygen atoms in total. The monoisotopic (exact) mass is 168 g/mol. The molecule has 1 N–H and O–H groups in total. The molecule has 0 aliphatic rings. The fourth-order valence-corrected chi connectivity index (χ4v) is 0.970. The lowest BCUT2D eigenvalue weighted by molar-refractivity contribution is 0.155. The van der Waals surface area contributed by atoms with Gasteiger partial charge in [-0.15, -0.1) is 13.2 Å². The van der Waals surface area contributed by atoms with E-state index in [1.54, 1.807) is 0 Å². The molecule has 0 aliphatic carbocycles. The van der Waals surface area contributed by atoms with Gasteiger partial charge in [-0.2, -0.15) is 0 Å². The Bertz CT molecular complexity index is 140. The molecule has 1 heteroatoms. The van der Waals surface area contributed by atoms with E-state index < -0.39 is 0 Å². The normalized spacial score (nSPS) is 10.3. The SMILES string of the molecule is C=C(C)CCC(O)CCC(=C)C. The van der Waals surface area contributed by atoms with Crippen molar-refractivity contribution in [2.24, 2.45) is 0 Å². The van der Waals surface area contributed by atoms with E-state index in [0.717, 1.165) is 36.8 Å². The second-order valence-corrected chi connectivity index (χ2v) is 3.65. The summed E-state index contributed by atoms with van der Waals surface area (Å²) in [5, 5.41) is 9.46. The van der Waals surface area contributed by atoms with Gasteiger partial charge in [0, 0.05) is 0 Å². The minimum Gasteiger partial charge on any atom is -0.393 e. The molecule has 0 rings (SSSR count). The largest absolute Gasteiger partial charge is 0.393 e. The summed E-state index contributed by atoms with van der Waals surface area (Å²) in [5.74, 6) is 0. The lowest BCUT2D eigenvalue weighted by Crippen LogP contribution is -2.06. The van der Waals surface area contributed by atoms with Crippen LogP contribution in [0.4, 0.5) is 0 Å². The summed E-state index contributed by atoms with van der Waals surface area (Å²) in [6.07, 6.45) is 3.35. The van der Waals surface area contributed by atoms with E-state index in [4.69, 9.17) is 0 Å². The highest BCUT2D eigenvalue weighted by Crippen LogP contribution is 2.11. The second kappa shape index (κ2) is 6.01. The van der Waals surface area contributed by atoms with Gasteiger partial charge in [0.2, 0.25) is 0 Å². The molecule has 0 aliphatic heterocycles. The predicted octanol–water partition coefficient (Wildman–Crippen LogP) is 3.06. The molecule has 70 valence electrons. The Morgan fingerprint density at radius 3 is 1.67 bits per heavy atom. The third kappa shape index (κ3) is 7.55. The van der Waals surface area contributed by atoms with Crippen molar-refractivity contribution in [3.8, 4) is 0 Å². The van der Waals surface area contributed by atoms with Crippen LogP contribution in [0.25, 0.3) is 0 Å². The molecule has 0 aromatic carbocycles. The molecule has 0 spiro atoms. The van der Waals surface area contributed by atoms with Crippen molar-refractivity contribution < 1.29 is 5.11 Å². The Morgan fingerprint density at radius 1 is 1.08 bits per heavy atom. The lowest BCUT2D eigenvalue weighted by Gasteiger charge is -2.09. The Balaban J connectivity index is 3.39. The van der Waals surface area contributed by atoms with E-state index in [1.807, 2.05) is 13.8 Å². The van der Waals surface area contributed by atoms with Crippen LogP contribution < -0.4 is 0 Å². The number of aliphatic hydroxyl groups excluding tert-OH is 1. The van der Waals surface area contributed by atoms with Crippen molar-refractivity contribution in [3.63, 3.8) is 0 Å². The highest BCUT2D eigenvalue weighted by Gasteiger charge is 2.03. The van der Waals surface area contributed by atoms with Gasteiger partial charge < -0.3 is 5.11 Å². The molecule has 0 bridgehead atoms. The number of allylic oxidation sites excluding steroid dienone is 2. The van der Waals surface area contributed by atoms with Gasteiger partial charge in [-0.25, -0.2) is 0 Å². The van der Waals surface area contributed by atoms with Crippen LogP contribution in [0.3, 0.4) is 0 Å². The van der Waals surface area contributed by atoms with Crippen LogP contribution in [-0.2, 0) is 0 Å². The van der Waals surface area contributed by atoms with Crippen LogP contribution in [0, 0.1) is 0 Å². The van der Waals surface area contributed by atoms with Crippen LogP contribution in [-0.4, -0.2) is 11.2 Å². The fourth-order valence-electron chi connectivity index (χ4n) is 0.970. The quantitative estimate of drug-likeness (QED) is 0.604. The Hall–Kier alpha value is -0.560. The zero-order valence-corrected chi connectivity index (χ0v) is 8.27. The molecular weight excluding hydrogens is 148 g/mol. The summed E-state index contributed by atoms with van der Waals surface area (Å²) < 4.78 is 0. The zero-order valence-electron chi connectivity index (χ0n) is 8.27. The Kier molecular flexibility index (Phi) is 5.73. The van der Waals surface area contributed by atoms with Crippen LogP contribution in [0.2, 0.25) is 0 Å². The van der Waals surface area contributed by atoms with E-state index in [9.17, 15) is 5.11 Å². The Labute approximate surface area is 75.8 Å². The third-order valence-electron chi connectivity index (χ3n) is 1.81. The first kappa shape index (κ1) is 11.4. The van der Waals surface area contributed by atoms with Crippen molar-refractivity contribution in [2.45, 2.75) is 45.6 Å². The molecular formula is C11H20O. The van der Waals surface area contributed by atoms with Gasteiger partial charge in [0.1, 0.15) is 0 Å². The maximum Gasteiger partial charge on any atom is 0.0546 e. The number of hydrogen-bond acceptors (Lipinski definition) is 1. The van der Waals surface area contributed by atoms with E-state index in [-0.39, 0.29) is 6.10 Å². The van der Waals surface area contributed by atoms with E-state index in [0.29, 0.717) is 0 Å². The van der Waals surface area contributed by atoms with Crippen molar-refractivity contribution >= 4 is 0 Å². The Morgan fingerprint density at radius 2 is 1.42 bits per heavy atom. The van der Waals surface area contributed by atoms with Crippen LogP contribution in [0.5, 0.6) is 0 Å². The predicted molar refractivity (Wildman–Crippen MR) is 54.1 cm³/mol. The number of rotatable bonds is 6. The molecule has 0 fully saturated rings. The molecule has 0 saturated carbocycles. The number of hydrogen-bond donors (Lipinski definition) is 1. The minimum atomic E-state index is -0.182. The second-order valence-electron chi connectivity index (χ2n) is 3.65. The van der Waals surface area contributed by atoms with Gasteiger partial charge in [-0.1, -0.05) is 11.1 Å². The molecule has 0 aromatic rings. The average Bonchev–Trinajstić information content (AvgIpc) is 1.96. The van der Waals surface area contributed by atoms with Crippen molar-refractivity contribution in [1.29, 1.82) is 0 Å². The van der Waals surface area contributed by atoms with Gasteiger partial charge in [0.25, 0.3) is 0 Å². The maximum absolute atomic E-state index is 9.46. The van der Waals surface area contributed by atoms with Crippen LogP contribution in [0.15, 0.2) is 24.3 Å². The molecule has 0 unspecified atom stereocenters. The van der Waals surface area contributed by atoms with E-state index >= 15 is 0 Å². The zero-order chi connectivity index (χ0) is 9.56. The van der Waals surface area contributed by atoms with E-state index in [2.05, 4.69) is 13.2 Å². The van der Waals surface area contributed by atoms with Crippen molar-refractivity contribution in [2.75, 3.05) is 0 Å². The van der Waals surface area contributed by atoms with E-state index in [1.165, 1.54) is 0 Å². The van der Waals surface area contributed by atoms with Crippen molar-refractivity contribution in [3.05, 3.63) is 24.3 Å². The lowest BCUT2D eigenvalue weighted by atomic mass is 10.0. The maximum atomic E-state index is 9.46.